The van der Waals surface area contributed by atoms with Crippen molar-refractivity contribution in [2.45, 2.75) is 13.3 Å². The van der Waals surface area contributed by atoms with Crippen LogP contribution in [0.15, 0.2) is 30.5 Å². The van der Waals surface area contributed by atoms with Crippen molar-refractivity contribution in [2.24, 2.45) is 5.41 Å². The standard InChI is InChI=1S/C16H15F2N3O3/c1-16(15(23)24)5-7-20(9-16)14(22)12-4-6-21(19-12)13-3-2-10(17)8-11(13)18/h2-4,6,8H,5,7,9H2,1H3,(H,23,24). The summed E-state index contributed by atoms with van der Waals surface area (Å²) in [6.07, 6.45) is 1.76. The quantitative estimate of drug-likeness (QED) is 0.932. The van der Waals surface area contributed by atoms with Gasteiger partial charge in [0.05, 0.1) is 5.41 Å². The Labute approximate surface area is 136 Å². The van der Waals surface area contributed by atoms with Crippen molar-refractivity contribution in [1.29, 1.82) is 0 Å². The zero-order chi connectivity index (χ0) is 17.5. The largest absolute Gasteiger partial charge is 0.481 e. The summed E-state index contributed by atoms with van der Waals surface area (Å²) in [7, 11) is 0. The normalized spacial score (nSPS) is 20.4. The summed E-state index contributed by atoms with van der Waals surface area (Å²) in [4.78, 5) is 25.1. The lowest BCUT2D eigenvalue weighted by Gasteiger charge is -2.19. The van der Waals surface area contributed by atoms with Gasteiger partial charge in [-0.2, -0.15) is 5.10 Å². The summed E-state index contributed by atoms with van der Waals surface area (Å²) >= 11 is 0. The number of aliphatic carboxylic acids is 1. The lowest BCUT2D eigenvalue weighted by Crippen LogP contribution is -2.35. The number of aromatic nitrogens is 2. The van der Waals surface area contributed by atoms with E-state index in [1.807, 2.05) is 0 Å². The van der Waals surface area contributed by atoms with Crippen molar-refractivity contribution < 1.29 is 23.5 Å². The first kappa shape index (κ1) is 16.1. The first-order valence-electron chi connectivity index (χ1n) is 7.34. The molecule has 1 saturated heterocycles. The molecule has 0 bridgehead atoms. The Morgan fingerprint density at radius 1 is 1.29 bits per heavy atom. The van der Waals surface area contributed by atoms with Crippen molar-refractivity contribution in [1.82, 2.24) is 14.7 Å². The van der Waals surface area contributed by atoms with Gasteiger partial charge >= 0.3 is 5.97 Å². The second-order valence-corrected chi connectivity index (χ2v) is 6.08. The van der Waals surface area contributed by atoms with E-state index in [0.29, 0.717) is 13.0 Å². The zero-order valence-electron chi connectivity index (χ0n) is 12.9. The van der Waals surface area contributed by atoms with E-state index in [1.165, 1.54) is 23.2 Å². The van der Waals surface area contributed by atoms with Gasteiger partial charge in [0, 0.05) is 25.4 Å². The van der Waals surface area contributed by atoms with Gasteiger partial charge in [-0.05, 0) is 31.5 Å². The van der Waals surface area contributed by atoms with E-state index in [-0.39, 0.29) is 17.9 Å². The Balaban J connectivity index is 1.81. The minimum atomic E-state index is -0.971. The van der Waals surface area contributed by atoms with Gasteiger partial charge in [0.15, 0.2) is 11.5 Å². The van der Waals surface area contributed by atoms with Gasteiger partial charge in [-0.15, -0.1) is 0 Å². The molecule has 1 fully saturated rings. The fourth-order valence-electron chi connectivity index (χ4n) is 2.71. The minimum absolute atomic E-state index is 0.0206. The van der Waals surface area contributed by atoms with Crippen LogP contribution >= 0.6 is 0 Å². The fraction of sp³-hybridized carbons (Fsp3) is 0.312. The summed E-state index contributed by atoms with van der Waals surface area (Å²) in [6, 6.07) is 4.47. The van der Waals surface area contributed by atoms with Crippen LogP contribution in [0.1, 0.15) is 23.8 Å². The lowest BCUT2D eigenvalue weighted by atomic mass is 9.90. The predicted octanol–water partition coefficient (Wildman–Crippen LogP) is 2.09. The number of nitrogens with zero attached hydrogens (tertiary/aromatic N) is 3. The Morgan fingerprint density at radius 2 is 2.04 bits per heavy atom. The molecule has 6 nitrogen and oxygen atoms in total. The molecule has 3 rings (SSSR count). The van der Waals surface area contributed by atoms with Crippen LogP contribution in [0.2, 0.25) is 0 Å². The fourth-order valence-corrected chi connectivity index (χ4v) is 2.71. The van der Waals surface area contributed by atoms with Gasteiger partial charge in [0.25, 0.3) is 5.91 Å². The molecule has 1 aliphatic heterocycles. The average molecular weight is 335 g/mol. The molecule has 126 valence electrons. The third kappa shape index (κ3) is 2.75. The minimum Gasteiger partial charge on any atom is -0.481 e. The van der Waals surface area contributed by atoms with Crippen molar-refractivity contribution in [3.05, 3.63) is 47.8 Å². The second-order valence-electron chi connectivity index (χ2n) is 6.08. The maximum absolute atomic E-state index is 13.8. The van der Waals surface area contributed by atoms with Gasteiger partial charge in [0.2, 0.25) is 0 Å². The monoisotopic (exact) mass is 335 g/mol. The first-order chi connectivity index (χ1) is 11.3. The Hall–Kier alpha value is -2.77. The molecule has 1 unspecified atom stereocenters. The maximum Gasteiger partial charge on any atom is 0.311 e. The SMILES string of the molecule is CC1(C(=O)O)CCN(C(=O)c2ccn(-c3ccc(F)cc3F)n2)C1. The number of rotatable bonds is 3. The predicted molar refractivity (Wildman–Crippen MR) is 79.7 cm³/mol. The maximum atomic E-state index is 13.8. The molecule has 2 heterocycles. The molecule has 24 heavy (non-hydrogen) atoms. The van der Waals surface area contributed by atoms with E-state index in [0.717, 1.165) is 16.8 Å². The third-order valence-corrected chi connectivity index (χ3v) is 4.24. The Morgan fingerprint density at radius 3 is 2.67 bits per heavy atom. The van der Waals surface area contributed by atoms with Gasteiger partial charge in [-0.1, -0.05) is 0 Å². The number of amides is 1. The summed E-state index contributed by atoms with van der Waals surface area (Å²) < 4.78 is 27.9. The second kappa shape index (κ2) is 5.70. The van der Waals surface area contributed by atoms with Crippen molar-refractivity contribution in [3.8, 4) is 5.69 Å². The van der Waals surface area contributed by atoms with Crippen LogP contribution in [0.25, 0.3) is 5.69 Å². The van der Waals surface area contributed by atoms with Crippen LogP contribution < -0.4 is 0 Å². The molecule has 1 amide bonds. The van der Waals surface area contributed by atoms with Gasteiger partial charge in [0.1, 0.15) is 11.5 Å². The van der Waals surface area contributed by atoms with E-state index in [9.17, 15) is 23.5 Å². The summed E-state index contributed by atoms with van der Waals surface area (Å²) in [5.41, 5.74) is -0.873. The first-order valence-corrected chi connectivity index (χ1v) is 7.34. The van der Waals surface area contributed by atoms with E-state index in [1.54, 1.807) is 6.92 Å². The molecule has 1 aromatic carbocycles. The molecule has 0 saturated carbocycles. The van der Waals surface area contributed by atoms with Gasteiger partial charge in [-0.25, -0.2) is 13.5 Å². The van der Waals surface area contributed by atoms with Crippen LogP contribution in [0, 0.1) is 17.0 Å². The van der Waals surface area contributed by atoms with E-state index in [2.05, 4.69) is 5.10 Å². The number of likely N-dealkylation sites (tertiary alicyclic amines) is 1. The number of carbonyl (C=O) groups is 2. The highest BCUT2D eigenvalue weighted by atomic mass is 19.1. The molecule has 2 aromatic rings. The molecule has 0 aliphatic carbocycles. The van der Waals surface area contributed by atoms with E-state index < -0.39 is 28.9 Å². The molecule has 0 spiro atoms. The lowest BCUT2D eigenvalue weighted by molar-refractivity contribution is -0.147. The zero-order valence-corrected chi connectivity index (χ0v) is 12.9. The van der Waals surface area contributed by atoms with Crippen LogP contribution in [0.3, 0.4) is 0 Å². The highest BCUT2D eigenvalue weighted by Gasteiger charge is 2.42. The van der Waals surface area contributed by atoms with Gasteiger partial charge < -0.3 is 10.0 Å². The number of hydrogen-bond donors (Lipinski definition) is 1. The third-order valence-electron chi connectivity index (χ3n) is 4.24. The van der Waals surface area contributed by atoms with Crippen molar-refractivity contribution >= 4 is 11.9 Å². The topological polar surface area (TPSA) is 75.4 Å². The molecule has 1 aromatic heterocycles. The number of halogens is 2. The van der Waals surface area contributed by atoms with Crippen LogP contribution in [-0.2, 0) is 4.79 Å². The highest BCUT2D eigenvalue weighted by molar-refractivity contribution is 5.93. The summed E-state index contributed by atoms with van der Waals surface area (Å²) in [6.45, 7) is 2.01. The van der Waals surface area contributed by atoms with E-state index >= 15 is 0 Å². The summed E-state index contributed by atoms with van der Waals surface area (Å²) in [5, 5.41) is 13.2. The molecule has 1 atom stereocenters. The molecular weight excluding hydrogens is 320 g/mol. The van der Waals surface area contributed by atoms with Crippen molar-refractivity contribution in [2.75, 3.05) is 13.1 Å². The van der Waals surface area contributed by atoms with E-state index in [4.69, 9.17) is 0 Å². The number of hydrogen-bond acceptors (Lipinski definition) is 3. The van der Waals surface area contributed by atoms with Crippen molar-refractivity contribution in [3.63, 3.8) is 0 Å². The Bertz CT molecular complexity index is 821. The smallest absolute Gasteiger partial charge is 0.311 e. The van der Waals surface area contributed by atoms with Crippen LogP contribution in [0.4, 0.5) is 8.78 Å². The molecule has 8 heteroatoms. The highest BCUT2D eigenvalue weighted by Crippen LogP contribution is 2.30. The molecular formula is C16H15F2N3O3. The molecule has 0 radical (unpaired) electrons. The average Bonchev–Trinajstić information content (AvgIpc) is 3.14. The number of carbonyl (C=O) groups excluding carboxylic acids is 1. The number of benzene rings is 1. The van der Waals surface area contributed by atoms with Crippen LogP contribution in [-0.4, -0.2) is 44.8 Å². The number of carboxylic acid groups (broad SMARTS) is 1. The summed E-state index contributed by atoms with van der Waals surface area (Å²) in [5.74, 6) is -2.86. The number of carboxylic acids is 1. The molecule has 1 aliphatic rings. The Kier molecular flexibility index (Phi) is 3.82. The molecule has 1 N–H and O–H groups in total. The van der Waals surface area contributed by atoms with Crippen LogP contribution in [0.5, 0.6) is 0 Å². The van der Waals surface area contributed by atoms with Gasteiger partial charge in [-0.3, -0.25) is 9.59 Å².